The van der Waals surface area contributed by atoms with Gasteiger partial charge in [-0.05, 0) is 35.7 Å². The lowest BCUT2D eigenvalue weighted by Crippen LogP contribution is -2.60. The van der Waals surface area contributed by atoms with E-state index in [4.69, 9.17) is 4.74 Å². The molecule has 9 nitrogen and oxygen atoms in total. The van der Waals surface area contributed by atoms with Gasteiger partial charge in [-0.15, -0.1) is 0 Å². The lowest BCUT2D eigenvalue weighted by atomic mass is 10.0. The maximum Gasteiger partial charge on any atom is 0.243 e. The maximum atomic E-state index is 13.2. The summed E-state index contributed by atoms with van der Waals surface area (Å²) in [6.07, 6.45) is -0.0763. The number of anilines is 2. The smallest absolute Gasteiger partial charge is 0.243 e. The zero-order valence-electron chi connectivity index (χ0n) is 21.9. The predicted octanol–water partition coefficient (Wildman–Crippen LogP) is 2.30. The molecule has 0 unspecified atom stereocenters. The third-order valence-corrected chi connectivity index (χ3v) is 7.04. The molecule has 198 valence electrons. The molecule has 2 heterocycles. The lowest BCUT2D eigenvalue weighted by molar-refractivity contribution is -0.145. The maximum absolute atomic E-state index is 13.2. The summed E-state index contributed by atoms with van der Waals surface area (Å²) in [6.45, 7) is 8.31. The Labute approximate surface area is 218 Å². The average Bonchev–Trinajstić information content (AvgIpc) is 2.90. The quantitative estimate of drug-likeness (QED) is 0.570. The van der Waals surface area contributed by atoms with Crippen molar-refractivity contribution < 1.29 is 19.1 Å². The number of carbonyl (C=O) groups is 3. The number of benzene rings is 2. The van der Waals surface area contributed by atoms with E-state index < -0.39 is 6.04 Å². The number of nitrogens with one attached hydrogen (secondary N) is 2. The van der Waals surface area contributed by atoms with Crippen LogP contribution < -0.4 is 20.3 Å². The Balaban J connectivity index is 1.31. The molecule has 0 spiro atoms. The molecule has 2 aromatic rings. The van der Waals surface area contributed by atoms with E-state index >= 15 is 0 Å². The second kappa shape index (κ2) is 12.1. The number of hydrogen-bond acceptors (Lipinski definition) is 6. The number of ether oxygens (including phenoxy) is 1. The molecule has 2 saturated heterocycles. The molecule has 9 heteroatoms. The molecule has 0 bridgehead atoms. The minimum absolute atomic E-state index is 0.0763. The van der Waals surface area contributed by atoms with Crippen LogP contribution in [0.1, 0.15) is 31.7 Å². The van der Waals surface area contributed by atoms with Gasteiger partial charge in [-0.3, -0.25) is 19.3 Å². The van der Waals surface area contributed by atoms with Crippen molar-refractivity contribution in [2.24, 2.45) is 0 Å². The van der Waals surface area contributed by atoms with E-state index in [1.54, 1.807) is 12.0 Å². The van der Waals surface area contributed by atoms with E-state index in [0.717, 1.165) is 37.6 Å². The Hall–Kier alpha value is -3.59. The van der Waals surface area contributed by atoms with Crippen molar-refractivity contribution in [3.8, 4) is 5.75 Å². The Bertz CT molecular complexity index is 1100. The highest BCUT2D eigenvalue weighted by Gasteiger charge is 2.35. The van der Waals surface area contributed by atoms with E-state index in [1.165, 1.54) is 5.56 Å². The third-order valence-electron chi connectivity index (χ3n) is 7.04. The van der Waals surface area contributed by atoms with Crippen molar-refractivity contribution in [1.82, 2.24) is 15.1 Å². The molecule has 0 radical (unpaired) electrons. The first-order chi connectivity index (χ1) is 17.8. The molecular weight excluding hydrogens is 470 g/mol. The zero-order valence-corrected chi connectivity index (χ0v) is 21.9. The zero-order chi connectivity index (χ0) is 26.4. The Morgan fingerprint density at radius 3 is 2.46 bits per heavy atom. The largest absolute Gasteiger partial charge is 0.497 e. The average molecular weight is 508 g/mol. The number of hydrogen-bond donors (Lipinski definition) is 2. The summed E-state index contributed by atoms with van der Waals surface area (Å²) in [5.41, 5.74) is 2.96. The van der Waals surface area contributed by atoms with Gasteiger partial charge < -0.3 is 25.2 Å². The topological polar surface area (TPSA) is 94.2 Å². The summed E-state index contributed by atoms with van der Waals surface area (Å²) in [5, 5.41) is 5.66. The molecule has 2 N–H and O–H groups in total. The summed E-state index contributed by atoms with van der Waals surface area (Å²) in [7, 11) is 1.66. The second-order valence-corrected chi connectivity index (χ2v) is 9.89. The number of amides is 3. The summed E-state index contributed by atoms with van der Waals surface area (Å²) < 4.78 is 5.33. The fourth-order valence-corrected chi connectivity index (χ4v) is 4.81. The highest BCUT2D eigenvalue weighted by Crippen LogP contribution is 2.22. The fraction of sp³-hybridized carbons (Fsp3) is 0.464. The van der Waals surface area contributed by atoms with E-state index in [1.807, 2.05) is 42.5 Å². The number of piperazine rings is 2. The molecule has 37 heavy (non-hydrogen) atoms. The van der Waals surface area contributed by atoms with Crippen molar-refractivity contribution in [3.63, 3.8) is 0 Å². The van der Waals surface area contributed by atoms with Crippen LogP contribution in [-0.2, 0) is 14.4 Å². The number of nitrogens with zero attached hydrogens (tertiary/aromatic N) is 3. The van der Waals surface area contributed by atoms with Crippen LogP contribution in [0.4, 0.5) is 11.4 Å². The van der Waals surface area contributed by atoms with Gasteiger partial charge in [0, 0.05) is 56.7 Å². The van der Waals surface area contributed by atoms with Gasteiger partial charge in [0.15, 0.2) is 0 Å². The SMILES string of the molecule is COc1cccc(N2CCN(CC(=O)N3CCNC(=O)[C@H]3CC(=O)Nc3ccc(C(C)C)cc3)CC2)c1. The van der Waals surface area contributed by atoms with Gasteiger partial charge in [-0.2, -0.15) is 0 Å². The monoisotopic (exact) mass is 507 g/mol. The van der Waals surface area contributed by atoms with Gasteiger partial charge >= 0.3 is 0 Å². The molecule has 0 saturated carbocycles. The van der Waals surface area contributed by atoms with Gasteiger partial charge in [0.05, 0.1) is 20.1 Å². The van der Waals surface area contributed by atoms with Crippen molar-refractivity contribution in [1.29, 1.82) is 0 Å². The highest BCUT2D eigenvalue weighted by atomic mass is 16.5. The van der Waals surface area contributed by atoms with E-state index in [2.05, 4.69) is 40.3 Å². The van der Waals surface area contributed by atoms with Gasteiger partial charge in [-0.25, -0.2) is 0 Å². The molecular formula is C28H37N5O4. The number of methoxy groups -OCH3 is 1. The molecule has 3 amide bonds. The first-order valence-electron chi connectivity index (χ1n) is 12.9. The summed E-state index contributed by atoms with van der Waals surface area (Å²) in [6, 6.07) is 14.9. The molecule has 2 aromatic carbocycles. The fourth-order valence-electron chi connectivity index (χ4n) is 4.81. The molecule has 2 fully saturated rings. The van der Waals surface area contributed by atoms with Crippen molar-refractivity contribution >= 4 is 29.1 Å². The Morgan fingerprint density at radius 2 is 1.78 bits per heavy atom. The van der Waals surface area contributed by atoms with Crippen molar-refractivity contribution in [2.75, 3.05) is 63.1 Å². The van der Waals surface area contributed by atoms with Crippen LogP contribution in [0.3, 0.4) is 0 Å². The second-order valence-electron chi connectivity index (χ2n) is 9.89. The number of rotatable bonds is 8. The van der Waals surface area contributed by atoms with Crippen LogP contribution in [0.2, 0.25) is 0 Å². The predicted molar refractivity (Wildman–Crippen MR) is 144 cm³/mol. The molecule has 4 rings (SSSR count). The van der Waals surface area contributed by atoms with Crippen LogP contribution in [0.15, 0.2) is 48.5 Å². The molecule has 2 aliphatic heterocycles. The standard InChI is InChI=1S/C28H37N5O4/c1-20(2)21-7-9-22(10-8-21)30-26(34)18-25-28(36)29-11-12-33(25)27(35)19-31-13-15-32(16-14-31)23-5-4-6-24(17-23)37-3/h4-10,17,20,25H,11-16,18-19H2,1-3H3,(H,29,36)(H,30,34)/t25-/m1/s1. The normalized spacial score (nSPS) is 18.5. The van der Waals surface area contributed by atoms with Crippen molar-refractivity contribution in [2.45, 2.75) is 32.2 Å². The van der Waals surface area contributed by atoms with Crippen LogP contribution in [-0.4, -0.2) is 86.5 Å². The van der Waals surface area contributed by atoms with E-state index in [9.17, 15) is 14.4 Å². The van der Waals surface area contributed by atoms with E-state index in [-0.39, 0.29) is 30.7 Å². The molecule has 0 aliphatic carbocycles. The highest BCUT2D eigenvalue weighted by molar-refractivity contribution is 5.97. The summed E-state index contributed by atoms with van der Waals surface area (Å²) in [4.78, 5) is 44.6. The Kier molecular flexibility index (Phi) is 8.66. The minimum Gasteiger partial charge on any atom is -0.497 e. The van der Waals surface area contributed by atoms with Gasteiger partial charge in [-0.1, -0.05) is 32.0 Å². The van der Waals surface area contributed by atoms with Crippen LogP contribution in [0, 0.1) is 0 Å². The Morgan fingerprint density at radius 1 is 1.05 bits per heavy atom. The lowest BCUT2D eigenvalue weighted by Gasteiger charge is -2.39. The molecule has 0 aromatic heterocycles. The first-order valence-corrected chi connectivity index (χ1v) is 12.9. The van der Waals surface area contributed by atoms with Crippen LogP contribution >= 0.6 is 0 Å². The van der Waals surface area contributed by atoms with Crippen LogP contribution in [0.5, 0.6) is 5.75 Å². The third kappa shape index (κ3) is 6.80. The summed E-state index contributed by atoms with van der Waals surface area (Å²) >= 11 is 0. The minimum atomic E-state index is -0.811. The van der Waals surface area contributed by atoms with Gasteiger partial charge in [0.25, 0.3) is 0 Å². The van der Waals surface area contributed by atoms with E-state index in [0.29, 0.717) is 24.7 Å². The summed E-state index contributed by atoms with van der Waals surface area (Å²) in [5.74, 6) is 0.529. The van der Waals surface area contributed by atoms with Gasteiger partial charge in [0.2, 0.25) is 17.7 Å². The first kappa shape index (κ1) is 26.5. The van der Waals surface area contributed by atoms with Gasteiger partial charge in [0.1, 0.15) is 11.8 Å². The van der Waals surface area contributed by atoms with Crippen LogP contribution in [0.25, 0.3) is 0 Å². The van der Waals surface area contributed by atoms with Crippen molar-refractivity contribution in [3.05, 3.63) is 54.1 Å². The molecule has 2 aliphatic rings. The number of carbonyl (C=O) groups excluding carboxylic acids is 3. The molecule has 1 atom stereocenters.